The third kappa shape index (κ3) is 3.52. The Morgan fingerprint density at radius 2 is 2.09 bits per heavy atom. The summed E-state index contributed by atoms with van der Waals surface area (Å²) >= 11 is 0. The lowest BCUT2D eigenvalue weighted by Crippen LogP contribution is -2.38. The summed E-state index contributed by atoms with van der Waals surface area (Å²) in [4.78, 5) is 18.1. The van der Waals surface area contributed by atoms with Gasteiger partial charge in [0.2, 0.25) is 5.91 Å². The van der Waals surface area contributed by atoms with Gasteiger partial charge in [-0.05, 0) is 22.8 Å². The summed E-state index contributed by atoms with van der Waals surface area (Å²) in [6.45, 7) is 1.25. The smallest absolute Gasteiger partial charge is 0.226 e. The van der Waals surface area contributed by atoms with Crippen LogP contribution >= 0.6 is 0 Å². The summed E-state index contributed by atoms with van der Waals surface area (Å²) in [5.41, 5.74) is 3.52. The van der Waals surface area contributed by atoms with E-state index in [1.807, 2.05) is 25.2 Å². The molecule has 1 amide bonds. The largest absolute Gasteiger partial charge is 0.371 e. The number of fused-ring (bicyclic) bond motifs is 1. The highest BCUT2D eigenvalue weighted by Crippen LogP contribution is 2.20. The SMILES string of the molecule is CN(CC1Cc2ccccc2CO1)C(=O)Cc1cccnc1. The highest BCUT2D eigenvalue weighted by atomic mass is 16.5. The van der Waals surface area contributed by atoms with Crippen molar-refractivity contribution >= 4 is 5.91 Å². The molecule has 0 saturated heterocycles. The van der Waals surface area contributed by atoms with E-state index < -0.39 is 0 Å². The van der Waals surface area contributed by atoms with Crippen molar-refractivity contribution in [2.45, 2.75) is 25.6 Å². The molecule has 0 saturated carbocycles. The number of benzene rings is 1. The zero-order valence-electron chi connectivity index (χ0n) is 12.7. The molecule has 4 heteroatoms. The molecule has 4 nitrogen and oxygen atoms in total. The molecular formula is C18H20N2O2. The second-order valence-electron chi connectivity index (χ2n) is 5.72. The molecular weight excluding hydrogens is 276 g/mol. The van der Waals surface area contributed by atoms with E-state index in [0.717, 1.165) is 12.0 Å². The van der Waals surface area contributed by atoms with Crippen molar-refractivity contribution < 1.29 is 9.53 Å². The molecule has 3 rings (SSSR count). The van der Waals surface area contributed by atoms with E-state index in [9.17, 15) is 4.79 Å². The van der Waals surface area contributed by atoms with Gasteiger partial charge < -0.3 is 9.64 Å². The van der Waals surface area contributed by atoms with Crippen LogP contribution in [0.2, 0.25) is 0 Å². The van der Waals surface area contributed by atoms with Gasteiger partial charge in [-0.15, -0.1) is 0 Å². The molecule has 0 radical (unpaired) electrons. The average Bonchev–Trinajstić information content (AvgIpc) is 2.55. The van der Waals surface area contributed by atoms with Crippen molar-refractivity contribution in [2.24, 2.45) is 0 Å². The van der Waals surface area contributed by atoms with Crippen molar-refractivity contribution in [3.8, 4) is 0 Å². The van der Waals surface area contributed by atoms with Crippen LogP contribution in [0.1, 0.15) is 16.7 Å². The number of rotatable bonds is 4. The van der Waals surface area contributed by atoms with Gasteiger partial charge in [-0.2, -0.15) is 0 Å². The number of hydrogen-bond donors (Lipinski definition) is 0. The fourth-order valence-corrected chi connectivity index (χ4v) is 2.75. The molecule has 114 valence electrons. The Kier molecular flexibility index (Phi) is 4.49. The van der Waals surface area contributed by atoms with Gasteiger partial charge in [0.05, 0.1) is 19.1 Å². The van der Waals surface area contributed by atoms with Gasteiger partial charge in [-0.1, -0.05) is 30.3 Å². The van der Waals surface area contributed by atoms with Gasteiger partial charge in [0.1, 0.15) is 0 Å². The first-order valence-electron chi connectivity index (χ1n) is 7.53. The third-order valence-electron chi connectivity index (χ3n) is 4.02. The van der Waals surface area contributed by atoms with E-state index in [1.165, 1.54) is 11.1 Å². The van der Waals surface area contributed by atoms with Gasteiger partial charge in [-0.3, -0.25) is 9.78 Å². The van der Waals surface area contributed by atoms with E-state index in [0.29, 0.717) is 19.6 Å². The van der Waals surface area contributed by atoms with Gasteiger partial charge in [0, 0.05) is 32.4 Å². The lowest BCUT2D eigenvalue weighted by Gasteiger charge is -2.29. The Bertz CT molecular complexity index is 643. The maximum atomic E-state index is 12.3. The number of likely N-dealkylation sites (N-methyl/N-ethyl adjacent to an activating group) is 1. The zero-order valence-corrected chi connectivity index (χ0v) is 12.7. The molecule has 1 unspecified atom stereocenters. The van der Waals surface area contributed by atoms with Crippen molar-refractivity contribution in [1.82, 2.24) is 9.88 Å². The first kappa shape index (κ1) is 14.7. The second-order valence-corrected chi connectivity index (χ2v) is 5.72. The molecule has 22 heavy (non-hydrogen) atoms. The minimum absolute atomic E-state index is 0.0674. The fraction of sp³-hybridized carbons (Fsp3) is 0.333. The molecule has 2 heterocycles. The van der Waals surface area contributed by atoms with Gasteiger partial charge in [-0.25, -0.2) is 0 Å². The van der Waals surface area contributed by atoms with Crippen LogP contribution in [-0.2, 0) is 29.0 Å². The number of carbonyl (C=O) groups is 1. The lowest BCUT2D eigenvalue weighted by molar-refractivity contribution is -0.131. The third-order valence-corrected chi connectivity index (χ3v) is 4.02. The van der Waals surface area contributed by atoms with E-state index in [4.69, 9.17) is 4.74 Å². The van der Waals surface area contributed by atoms with Crippen LogP contribution < -0.4 is 0 Å². The first-order valence-corrected chi connectivity index (χ1v) is 7.53. The van der Waals surface area contributed by atoms with E-state index in [1.54, 1.807) is 17.3 Å². The van der Waals surface area contributed by atoms with Gasteiger partial charge in [0.15, 0.2) is 0 Å². The molecule has 1 atom stereocenters. The molecule has 1 aromatic heterocycles. The first-order chi connectivity index (χ1) is 10.7. The normalized spacial score (nSPS) is 16.9. The summed E-state index contributed by atoms with van der Waals surface area (Å²) in [6, 6.07) is 12.1. The number of carbonyl (C=O) groups excluding carboxylic acids is 1. The number of amides is 1. The average molecular weight is 296 g/mol. The monoisotopic (exact) mass is 296 g/mol. The summed E-state index contributed by atoms with van der Waals surface area (Å²) in [6.07, 6.45) is 4.76. The molecule has 0 aliphatic carbocycles. The standard InChI is InChI=1S/C18H20N2O2/c1-20(18(21)9-14-5-4-8-19-11-14)12-17-10-15-6-2-3-7-16(15)13-22-17/h2-8,11,17H,9-10,12-13H2,1H3. The van der Waals surface area contributed by atoms with E-state index in [2.05, 4.69) is 23.2 Å². The Hall–Kier alpha value is -2.20. The maximum Gasteiger partial charge on any atom is 0.226 e. The van der Waals surface area contributed by atoms with Crippen LogP contribution in [0.4, 0.5) is 0 Å². The molecule has 0 bridgehead atoms. The predicted molar refractivity (Wildman–Crippen MR) is 84.3 cm³/mol. The Morgan fingerprint density at radius 1 is 1.27 bits per heavy atom. The fourth-order valence-electron chi connectivity index (χ4n) is 2.75. The molecule has 0 spiro atoms. The predicted octanol–water partition coefficient (Wildman–Crippen LogP) is 2.22. The molecule has 1 aliphatic rings. The van der Waals surface area contributed by atoms with E-state index in [-0.39, 0.29) is 12.0 Å². The second kappa shape index (κ2) is 6.71. The molecule has 1 aromatic carbocycles. The topological polar surface area (TPSA) is 42.4 Å². The van der Waals surface area contributed by atoms with Crippen molar-refractivity contribution in [1.29, 1.82) is 0 Å². The van der Waals surface area contributed by atoms with E-state index >= 15 is 0 Å². The van der Waals surface area contributed by atoms with Crippen LogP contribution in [0.3, 0.4) is 0 Å². The number of pyridine rings is 1. The Balaban J connectivity index is 1.56. The van der Waals surface area contributed by atoms with Gasteiger partial charge >= 0.3 is 0 Å². The number of hydrogen-bond acceptors (Lipinski definition) is 3. The Labute approximate surface area is 130 Å². The highest BCUT2D eigenvalue weighted by Gasteiger charge is 2.22. The number of ether oxygens (including phenoxy) is 1. The minimum atomic E-state index is 0.0674. The molecule has 1 aliphatic heterocycles. The lowest BCUT2D eigenvalue weighted by atomic mass is 9.99. The maximum absolute atomic E-state index is 12.3. The number of nitrogens with zero attached hydrogens (tertiary/aromatic N) is 2. The van der Waals surface area contributed by atoms with Crippen molar-refractivity contribution in [3.63, 3.8) is 0 Å². The summed E-state index contributed by atoms with van der Waals surface area (Å²) in [5, 5.41) is 0. The molecule has 0 fully saturated rings. The minimum Gasteiger partial charge on any atom is -0.371 e. The van der Waals surface area contributed by atoms with Crippen LogP contribution in [0.15, 0.2) is 48.8 Å². The quantitative estimate of drug-likeness (QED) is 0.869. The van der Waals surface area contributed by atoms with Crippen LogP contribution in [0, 0.1) is 0 Å². The van der Waals surface area contributed by atoms with Gasteiger partial charge in [0.25, 0.3) is 0 Å². The van der Waals surface area contributed by atoms with Crippen LogP contribution in [0.25, 0.3) is 0 Å². The van der Waals surface area contributed by atoms with Crippen molar-refractivity contribution in [3.05, 3.63) is 65.5 Å². The molecule has 0 N–H and O–H groups in total. The zero-order chi connectivity index (χ0) is 15.4. The highest BCUT2D eigenvalue weighted by molar-refractivity contribution is 5.78. The van der Waals surface area contributed by atoms with Crippen LogP contribution in [-0.4, -0.2) is 35.5 Å². The molecule has 2 aromatic rings. The summed E-state index contributed by atoms with van der Waals surface area (Å²) in [5.74, 6) is 0.0930. The summed E-state index contributed by atoms with van der Waals surface area (Å²) in [7, 11) is 1.84. The number of aromatic nitrogens is 1. The van der Waals surface area contributed by atoms with Crippen molar-refractivity contribution in [2.75, 3.05) is 13.6 Å². The van der Waals surface area contributed by atoms with Crippen LogP contribution in [0.5, 0.6) is 0 Å². The summed E-state index contributed by atoms with van der Waals surface area (Å²) < 4.78 is 5.87. The Morgan fingerprint density at radius 3 is 2.86 bits per heavy atom.